The summed E-state index contributed by atoms with van der Waals surface area (Å²) in [5, 5.41) is 3.61. The van der Waals surface area contributed by atoms with E-state index in [1.54, 1.807) is 0 Å². The Morgan fingerprint density at radius 2 is 1.09 bits per heavy atom. The molecular weight excluding hydrogens is 422 g/mol. The summed E-state index contributed by atoms with van der Waals surface area (Å²) in [6.07, 6.45) is 9.16. The molecule has 0 unspecified atom stereocenters. The third-order valence-corrected chi connectivity index (χ3v) is 12.9. The van der Waals surface area contributed by atoms with Gasteiger partial charge in [-0.3, -0.25) is 0 Å². The summed E-state index contributed by atoms with van der Waals surface area (Å²) < 4.78 is 3.85. The Morgan fingerprint density at radius 1 is 0.727 bits per heavy atom. The second kappa shape index (κ2) is 7.00. The van der Waals surface area contributed by atoms with Gasteiger partial charge in [-0.05, 0) is 0 Å². The molecule has 5 heteroatoms. The first-order chi connectivity index (χ1) is 9.18. The zero-order chi connectivity index (χ0) is 14.7. The van der Waals surface area contributed by atoms with Crippen LogP contribution >= 0.6 is 0 Å². The minimum atomic E-state index is -1.14. The smallest absolute Gasteiger partial charge is 1.00 e. The van der Waals surface area contributed by atoms with Gasteiger partial charge in [-0.25, -0.2) is 0 Å². The summed E-state index contributed by atoms with van der Waals surface area (Å²) in [4.78, 5) is 0. The largest absolute Gasteiger partial charge is 1.00 e. The number of hydrogen-bond acceptors (Lipinski definition) is 0. The molecule has 0 bridgehead atoms. The first kappa shape index (κ1) is 20.9. The second-order valence-corrected chi connectivity index (χ2v) is 22.0. The molecule has 0 nitrogen and oxygen atoms in total. The molecular formula is C17H26Cl2Si2Zr. The van der Waals surface area contributed by atoms with Crippen LogP contribution in [0, 0.1) is 0 Å². The van der Waals surface area contributed by atoms with Crippen molar-refractivity contribution in [1.29, 1.82) is 0 Å². The van der Waals surface area contributed by atoms with Crippen LogP contribution in [0.25, 0.3) is 0 Å². The van der Waals surface area contributed by atoms with Crippen molar-refractivity contribution >= 4 is 16.1 Å². The van der Waals surface area contributed by atoms with Crippen molar-refractivity contribution in [3.8, 4) is 0 Å². The van der Waals surface area contributed by atoms with E-state index in [0.29, 0.717) is 0 Å². The Bertz CT molecular complexity index is 547. The number of rotatable bonds is 2. The average molecular weight is 449 g/mol. The first-order valence-electron chi connectivity index (χ1n) is 7.81. The van der Waals surface area contributed by atoms with E-state index >= 15 is 0 Å². The maximum absolute atomic E-state index is 2.61. The van der Waals surface area contributed by atoms with Gasteiger partial charge in [0.05, 0.1) is 0 Å². The standard InChI is InChI=1S/C17H26Si2.2ClH.Zr/c1-18(2,3)16-11-7-9-14(16)13-15-10-8-12-17(15)19(4,5)6;;;/h11-12H,7-8,13H2,1-6H3;2*1H;/q;;;+2/p-2. The van der Waals surface area contributed by atoms with Gasteiger partial charge in [-0.2, -0.15) is 0 Å². The Kier molecular flexibility index (Phi) is 6.65. The minimum Gasteiger partial charge on any atom is -1.00 e. The maximum Gasteiger partial charge on any atom is -1.00 e. The molecule has 2 aliphatic carbocycles. The molecule has 3 aliphatic rings. The first-order valence-corrected chi connectivity index (χ1v) is 17.3. The Morgan fingerprint density at radius 3 is 1.41 bits per heavy atom. The van der Waals surface area contributed by atoms with Crippen molar-refractivity contribution in [1.82, 2.24) is 0 Å². The van der Waals surface area contributed by atoms with Gasteiger partial charge >= 0.3 is 138 Å². The molecule has 1 aliphatic heterocycles. The van der Waals surface area contributed by atoms with Gasteiger partial charge in [0.15, 0.2) is 0 Å². The Balaban J connectivity index is 0.00000121. The number of hydrogen-bond donors (Lipinski definition) is 0. The molecule has 0 atom stereocenters. The zero-order valence-corrected chi connectivity index (χ0v) is 20.5. The predicted molar refractivity (Wildman–Crippen MR) is 90.8 cm³/mol. The van der Waals surface area contributed by atoms with E-state index in [2.05, 4.69) is 51.4 Å². The van der Waals surface area contributed by atoms with Gasteiger partial charge in [-0.15, -0.1) is 0 Å². The Labute approximate surface area is 162 Å². The van der Waals surface area contributed by atoms with Crippen LogP contribution in [0.4, 0.5) is 0 Å². The summed E-state index contributed by atoms with van der Waals surface area (Å²) in [5.41, 5.74) is 3.67. The number of halogens is 2. The van der Waals surface area contributed by atoms with Crippen molar-refractivity contribution in [2.24, 2.45) is 0 Å². The van der Waals surface area contributed by atoms with E-state index < -0.39 is 39.4 Å². The van der Waals surface area contributed by atoms with E-state index in [9.17, 15) is 0 Å². The van der Waals surface area contributed by atoms with Crippen molar-refractivity contribution in [3.63, 3.8) is 0 Å². The zero-order valence-electron chi connectivity index (χ0n) is 14.5. The van der Waals surface area contributed by atoms with Crippen LogP contribution in [-0.2, 0) is 23.2 Å². The van der Waals surface area contributed by atoms with Crippen molar-refractivity contribution in [2.75, 3.05) is 0 Å². The maximum atomic E-state index is 2.61. The molecule has 0 N–H and O–H groups in total. The second-order valence-electron chi connectivity index (χ2n) is 8.36. The van der Waals surface area contributed by atoms with E-state index in [1.807, 2.05) is 28.1 Å². The molecule has 0 aromatic rings. The summed E-state index contributed by atoms with van der Waals surface area (Å²) in [5.74, 6) is 0. The van der Waals surface area contributed by atoms with Crippen LogP contribution in [0.2, 0.25) is 39.3 Å². The van der Waals surface area contributed by atoms with Gasteiger partial charge in [0.1, 0.15) is 0 Å². The molecule has 0 spiro atoms. The van der Waals surface area contributed by atoms with Gasteiger partial charge < -0.3 is 24.8 Å². The van der Waals surface area contributed by atoms with Crippen LogP contribution in [0.15, 0.2) is 40.3 Å². The third kappa shape index (κ3) is 3.75. The molecule has 3 rings (SSSR count). The van der Waals surface area contributed by atoms with Crippen LogP contribution < -0.4 is 24.8 Å². The van der Waals surface area contributed by atoms with Gasteiger partial charge in [0, 0.05) is 0 Å². The molecule has 0 radical (unpaired) electrons. The van der Waals surface area contributed by atoms with Crippen LogP contribution in [0.1, 0.15) is 19.3 Å². The third-order valence-electron chi connectivity index (χ3n) is 4.67. The van der Waals surface area contributed by atoms with Crippen LogP contribution in [0.5, 0.6) is 0 Å². The molecule has 120 valence electrons. The Hall–Kier alpha value is 0.857. The molecule has 0 aromatic heterocycles. The molecule has 0 fully saturated rings. The molecule has 0 saturated heterocycles. The van der Waals surface area contributed by atoms with E-state index in [1.165, 1.54) is 19.3 Å². The molecule has 0 aromatic carbocycles. The van der Waals surface area contributed by atoms with Crippen LogP contribution in [0.3, 0.4) is 0 Å². The minimum absolute atomic E-state index is 0. The molecule has 0 saturated carbocycles. The number of allylic oxidation sites excluding steroid dienone is 8. The van der Waals surface area contributed by atoms with E-state index in [-0.39, 0.29) is 24.8 Å². The van der Waals surface area contributed by atoms with Crippen molar-refractivity contribution in [2.45, 2.75) is 58.5 Å². The molecule has 22 heavy (non-hydrogen) atoms. The summed E-state index contributed by atoms with van der Waals surface area (Å²) >= 11 is -0.425. The predicted octanol–water partition coefficient (Wildman–Crippen LogP) is -0.596. The fourth-order valence-electron chi connectivity index (χ4n) is 3.76. The summed E-state index contributed by atoms with van der Waals surface area (Å²) in [6, 6.07) is 0. The van der Waals surface area contributed by atoms with Gasteiger partial charge in [0.2, 0.25) is 0 Å². The average Bonchev–Trinajstić information content (AvgIpc) is 2.85. The van der Waals surface area contributed by atoms with Gasteiger partial charge in [0.25, 0.3) is 0 Å². The fraction of sp³-hybridized carbons (Fsp3) is 0.529. The molecule has 0 amide bonds. The van der Waals surface area contributed by atoms with E-state index in [0.717, 1.165) is 0 Å². The van der Waals surface area contributed by atoms with Crippen molar-refractivity contribution in [3.05, 3.63) is 40.3 Å². The van der Waals surface area contributed by atoms with Crippen LogP contribution in [-0.4, -0.2) is 16.1 Å². The summed E-state index contributed by atoms with van der Waals surface area (Å²) in [7, 11) is -2.29. The van der Waals surface area contributed by atoms with Gasteiger partial charge in [-0.1, -0.05) is 0 Å². The van der Waals surface area contributed by atoms with E-state index in [4.69, 9.17) is 0 Å². The summed E-state index contributed by atoms with van der Waals surface area (Å²) in [6.45, 7) is 15.1. The fourth-order valence-corrected chi connectivity index (χ4v) is 11.8. The SMILES string of the molecule is C[Si](C)(C)C1=CC[C]2=C1CC1=[C](CC=C1[Si](C)(C)C)[Zr+2]2.[Cl-].[Cl-]. The topological polar surface area (TPSA) is 0 Å². The molecule has 1 heterocycles. The monoisotopic (exact) mass is 446 g/mol. The normalized spacial score (nSPS) is 20.1. The van der Waals surface area contributed by atoms with Crippen molar-refractivity contribution < 1.29 is 48.0 Å². The quantitative estimate of drug-likeness (QED) is 0.495.